The third-order valence-corrected chi connectivity index (χ3v) is 2.67. The highest BCUT2D eigenvalue weighted by Gasteiger charge is 2.08. The fourth-order valence-corrected chi connectivity index (χ4v) is 1.90. The van der Waals surface area contributed by atoms with Gasteiger partial charge in [-0.3, -0.25) is 4.52 Å². The van der Waals surface area contributed by atoms with Crippen LogP contribution in [0.5, 0.6) is 6.08 Å². The van der Waals surface area contributed by atoms with Crippen molar-refractivity contribution in [2.24, 2.45) is 0 Å². The van der Waals surface area contributed by atoms with Gasteiger partial charge in [0.05, 0.1) is 6.61 Å². The number of aromatic nitrogens is 2. The summed E-state index contributed by atoms with van der Waals surface area (Å²) in [6, 6.07) is 8.09. The summed E-state index contributed by atoms with van der Waals surface area (Å²) in [5.74, 6) is 0.554. The monoisotopic (exact) mass is 296 g/mol. The molecule has 17 heavy (non-hydrogen) atoms. The van der Waals surface area contributed by atoms with E-state index in [4.69, 9.17) is 9.26 Å². The maximum Gasteiger partial charge on any atom is 0.417 e. The van der Waals surface area contributed by atoms with Crippen LogP contribution in [-0.4, -0.2) is 22.1 Å². The molecule has 0 aliphatic heterocycles. The van der Waals surface area contributed by atoms with Crippen molar-refractivity contribution in [3.05, 3.63) is 29.8 Å². The second-order valence-electron chi connectivity index (χ2n) is 3.45. The standard InChI is InChI=1S/C12H13BrN2O2/c1-2-16-12-14-11(15-17-12)10-5-3-9(4-6-10)7-8-13/h3-6H,2,7-8H2,1H3. The van der Waals surface area contributed by atoms with E-state index in [1.807, 2.05) is 19.1 Å². The van der Waals surface area contributed by atoms with E-state index >= 15 is 0 Å². The number of rotatable bonds is 5. The van der Waals surface area contributed by atoms with E-state index in [9.17, 15) is 0 Å². The Morgan fingerprint density at radius 3 is 2.71 bits per heavy atom. The average molecular weight is 297 g/mol. The minimum absolute atomic E-state index is 0.215. The number of hydrogen-bond acceptors (Lipinski definition) is 4. The Kier molecular flexibility index (Phi) is 4.14. The summed E-state index contributed by atoms with van der Waals surface area (Å²) in [6.45, 7) is 2.39. The van der Waals surface area contributed by atoms with Crippen molar-refractivity contribution in [1.82, 2.24) is 10.1 Å². The van der Waals surface area contributed by atoms with Gasteiger partial charge in [-0.25, -0.2) is 0 Å². The first-order chi connectivity index (χ1) is 8.33. The zero-order valence-corrected chi connectivity index (χ0v) is 11.1. The first-order valence-corrected chi connectivity index (χ1v) is 6.57. The molecule has 0 unspecified atom stereocenters. The Morgan fingerprint density at radius 2 is 2.06 bits per heavy atom. The van der Waals surface area contributed by atoms with Gasteiger partial charge in [0.15, 0.2) is 0 Å². The van der Waals surface area contributed by atoms with E-state index < -0.39 is 0 Å². The first kappa shape index (κ1) is 12.1. The maximum absolute atomic E-state index is 5.12. The van der Waals surface area contributed by atoms with Crippen LogP contribution in [0.15, 0.2) is 28.8 Å². The lowest BCUT2D eigenvalue weighted by molar-refractivity contribution is 0.215. The fourth-order valence-electron chi connectivity index (χ4n) is 1.44. The molecule has 0 aliphatic carbocycles. The quantitative estimate of drug-likeness (QED) is 0.796. The molecule has 2 aromatic rings. The minimum atomic E-state index is 0.215. The zero-order chi connectivity index (χ0) is 12.1. The van der Waals surface area contributed by atoms with Crippen LogP contribution >= 0.6 is 15.9 Å². The molecule has 0 radical (unpaired) electrons. The first-order valence-electron chi connectivity index (χ1n) is 5.45. The van der Waals surface area contributed by atoms with E-state index in [1.165, 1.54) is 5.56 Å². The van der Waals surface area contributed by atoms with Crippen LogP contribution in [0.25, 0.3) is 11.4 Å². The lowest BCUT2D eigenvalue weighted by Gasteiger charge is -1.98. The topological polar surface area (TPSA) is 48.2 Å². The van der Waals surface area contributed by atoms with Crippen LogP contribution in [0.3, 0.4) is 0 Å². The molecule has 4 nitrogen and oxygen atoms in total. The molecule has 90 valence electrons. The molecule has 0 saturated carbocycles. The average Bonchev–Trinajstić information content (AvgIpc) is 2.80. The van der Waals surface area contributed by atoms with Crippen LogP contribution in [0.1, 0.15) is 12.5 Å². The molecule has 2 rings (SSSR count). The Bertz CT molecular complexity index is 468. The van der Waals surface area contributed by atoms with Crippen LogP contribution in [0, 0.1) is 0 Å². The number of nitrogens with zero attached hydrogens (tertiary/aromatic N) is 2. The Labute approximate surface area is 108 Å². The summed E-state index contributed by atoms with van der Waals surface area (Å²) in [5, 5.41) is 4.82. The molecule has 1 heterocycles. The normalized spacial score (nSPS) is 10.5. The van der Waals surface area contributed by atoms with Crippen LogP contribution in [0.4, 0.5) is 0 Å². The summed E-state index contributed by atoms with van der Waals surface area (Å²) in [5.41, 5.74) is 2.21. The molecule has 1 aromatic heterocycles. The maximum atomic E-state index is 5.12. The molecular weight excluding hydrogens is 284 g/mol. The van der Waals surface area contributed by atoms with E-state index in [-0.39, 0.29) is 6.08 Å². The van der Waals surface area contributed by atoms with E-state index in [1.54, 1.807) is 0 Å². The number of aryl methyl sites for hydroxylation is 1. The molecule has 0 spiro atoms. The van der Waals surface area contributed by atoms with Crippen molar-refractivity contribution in [2.45, 2.75) is 13.3 Å². The lowest BCUT2D eigenvalue weighted by Crippen LogP contribution is -1.91. The molecule has 0 fully saturated rings. The largest absolute Gasteiger partial charge is 0.449 e. The van der Waals surface area contributed by atoms with Crippen molar-refractivity contribution < 1.29 is 9.26 Å². The van der Waals surface area contributed by atoms with Crippen molar-refractivity contribution in [1.29, 1.82) is 0 Å². The molecular formula is C12H13BrN2O2. The number of halogens is 1. The number of ether oxygens (including phenoxy) is 1. The third kappa shape index (κ3) is 3.06. The number of alkyl halides is 1. The lowest BCUT2D eigenvalue weighted by atomic mass is 10.1. The van der Waals surface area contributed by atoms with Crippen molar-refractivity contribution >= 4 is 15.9 Å². The summed E-state index contributed by atoms with van der Waals surface area (Å²) in [7, 11) is 0. The summed E-state index contributed by atoms with van der Waals surface area (Å²) < 4.78 is 10.1. The van der Waals surface area contributed by atoms with Crippen molar-refractivity contribution in [3.63, 3.8) is 0 Å². The van der Waals surface area contributed by atoms with Gasteiger partial charge in [0.2, 0.25) is 5.82 Å². The molecule has 0 bridgehead atoms. The smallest absolute Gasteiger partial charge is 0.417 e. The van der Waals surface area contributed by atoms with Gasteiger partial charge in [0.25, 0.3) is 0 Å². The zero-order valence-electron chi connectivity index (χ0n) is 9.52. The van der Waals surface area contributed by atoms with Gasteiger partial charge >= 0.3 is 6.08 Å². The Morgan fingerprint density at radius 1 is 1.29 bits per heavy atom. The van der Waals surface area contributed by atoms with Gasteiger partial charge in [-0.15, -0.1) is 0 Å². The van der Waals surface area contributed by atoms with Crippen LogP contribution in [0.2, 0.25) is 0 Å². The highest BCUT2D eigenvalue weighted by atomic mass is 79.9. The Hall–Kier alpha value is -1.36. The van der Waals surface area contributed by atoms with E-state index in [2.05, 4.69) is 38.2 Å². The summed E-state index contributed by atoms with van der Waals surface area (Å²) >= 11 is 3.41. The molecule has 0 N–H and O–H groups in total. The fraction of sp³-hybridized carbons (Fsp3) is 0.333. The van der Waals surface area contributed by atoms with Gasteiger partial charge in [-0.1, -0.05) is 45.4 Å². The summed E-state index contributed by atoms with van der Waals surface area (Å²) in [6.07, 6.45) is 1.23. The molecule has 0 saturated heterocycles. The second-order valence-corrected chi connectivity index (χ2v) is 4.25. The summed E-state index contributed by atoms with van der Waals surface area (Å²) in [4.78, 5) is 4.14. The van der Waals surface area contributed by atoms with Gasteiger partial charge in [0, 0.05) is 10.9 Å². The van der Waals surface area contributed by atoms with Crippen LogP contribution < -0.4 is 4.74 Å². The molecule has 5 heteroatoms. The Balaban J connectivity index is 2.15. The second kappa shape index (κ2) is 5.82. The van der Waals surface area contributed by atoms with Crippen LogP contribution in [-0.2, 0) is 6.42 Å². The SMILES string of the molecule is CCOc1nc(-c2ccc(CCBr)cc2)no1. The predicted molar refractivity (Wildman–Crippen MR) is 68.4 cm³/mol. The number of benzene rings is 1. The van der Waals surface area contributed by atoms with Gasteiger partial charge in [0.1, 0.15) is 0 Å². The molecule has 1 aromatic carbocycles. The highest BCUT2D eigenvalue weighted by Crippen LogP contribution is 2.19. The minimum Gasteiger partial charge on any atom is -0.449 e. The van der Waals surface area contributed by atoms with Gasteiger partial charge in [-0.2, -0.15) is 4.98 Å². The van der Waals surface area contributed by atoms with E-state index in [0.29, 0.717) is 12.4 Å². The van der Waals surface area contributed by atoms with Gasteiger partial charge < -0.3 is 4.74 Å². The van der Waals surface area contributed by atoms with Crippen molar-refractivity contribution in [3.8, 4) is 17.5 Å². The van der Waals surface area contributed by atoms with E-state index in [0.717, 1.165) is 17.3 Å². The highest BCUT2D eigenvalue weighted by molar-refractivity contribution is 9.09. The molecule has 0 atom stereocenters. The predicted octanol–water partition coefficient (Wildman–Crippen LogP) is 3.07. The van der Waals surface area contributed by atoms with Gasteiger partial charge in [-0.05, 0) is 18.9 Å². The molecule has 0 amide bonds. The molecule has 0 aliphatic rings. The number of hydrogen-bond donors (Lipinski definition) is 0. The third-order valence-electron chi connectivity index (χ3n) is 2.27. The van der Waals surface area contributed by atoms with Crippen molar-refractivity contribution in [2.75, 3.05) is 11.9 Å².